The number of carbonyl (C=O) groups is 1. The number of nitrogens with zero attached hydrogens (tertiary/aromatic N) is 3. The van der Waals surface area contributed by atoms with Crippen LogP contribution in [0.4, 0.5) is 15.8 Å². The molecule has 0 saturated carbocycles. The van der Waals surface area contributed by atoms with E-state index in [4.69, 9.17) is 11.6 Å². The predicted molar refractivity (Wildman–Crippen MR) is 127 cm³/mol. The molecule has 2 heterocycles. The van der Waals surface area contributed by atoms with Gasteiger partial charge in [0.2, 0.25) is 5.91 Å². The monoisotopic (exact) mass is 485 g/mol. The van der Waals surface area contributed by atoms with Gasteiger partial charge in [-0.2, -0.15) is 0 Å². The molecule has 5 rings (SSSR count). The maximum Gasteiger partial charge on any atom is 0.265 e. The van der Waals surface area contributed by atoms with Gasteiger partial charge in [-0.3, -0.25) is 9.10 Å². The molecule has 6 nitrogen and oxygen atoms in total. The summed E-state index contributed by atoms with van der Waals surface area (Å²) in [5, 5.41) is 0.485. The number of piperazine rings is 1. The topological polar surface area (TPSA) is 60.9 Å². The van der Waals surface area contributed by atoms with Crippen molar-refractivity contribution < 1.29 is 17.6 Å². The third-order valence-electron chi connectivity index (χ3n) is 6.08. The minimum Gasteiger partial charge on any atom is -0.366 e. The van der Waals surface area contributed by atoms with Crippen molar-refractivity contribution >= 4 is 38.9 Å². The SMILES string of the molecule is O=C(CN1c2ccc(Cl)cc2-c2ccccc2S1(=O)=O)N1CCN(c2ccccc2F)CC1. The maximum atomic E-state index is 14.1. The van der Waals surface area contributed by atoms with Crippen molar-refractivity contribution in [2.45, 2.75) is 4.90 Å². The Bertz CT molecular complexity index is 1340. The lowest BCUT2D eigenvalue weighted by atomic mass is 10.0. The summed E-state index contributed by atoms with van der Waals surface area (Å²) < 4.78 is 42.1. The summed E-state index contributed by atoms with van der Waals surface area (Å²) >= 11 is 6.19. The molecule has 0 aliphatic carbocycles. The molecule has 1 amide bonds. The lowest BCUT2D eigenvalue weighted by molar-refractivity contribution is -0.129. The van der Waals surface area contributed by atoms with Crippen molar-refractivity contribution in [2.24, 2.45) is 0 Å². The van der Waals surface area contributed by atoms with Crippen LogP contribution in [0.5, 0.6) is 0 Å². The number of anilines is 2. The Morgan fingerprint density at radius 1 is 0.879 bits per heavy atom. The Labute approximate surface area is 196 Å². The second kappa shape index (κ2) is 8.35. The first-order chi connectivity index (χ1) is 15.9. The quantitative estimate of drug-likeness (QED) is 0.562. The lowest BCUT2D eigenvalue weighted by Crippen LogP contribution is -2.52. The van der Waals surface area contributed by atoms with Crippen LogP contribution in [-0.4, -0.2) is 51.9 Å². The Morgan fingerprint density at radius 3 is 2.33 bits per heavy atom. The lowest BCUT2D eigenvalue weighted by Gasteiger charge is -2.38. The summed E-state index contributed by atoms with van der Waals surface area (Å²) in [6.07, 6.45) is 0. The van der Waals surface area contributed by atoms with E-state index in [1.165, 1.54) is 6.07 Å². The molecule has 0 N–H and O–H groups in total. The van der Waals surface area contributed by atoms with E-state index in [9.17, 15) is 17.6 Å². The first-order valence-electron chi connectivity index (χ1n) is 10.6. The standard InChI is InChI=1S/C24H21ClFN3O3S/c25-17-9-10-21-19(15-17)18-5-1-4-8-23(18)33(31,32)29(21)16-24(30)28-13-11-27(12-14-28)22-7-3-2-6-20(22)26/h1-10,15H,11-14,16H2. The van der Waals surface area contributed by atoms with E-state index in [1.54, 1.807) is 65.6 Å². The number of benzene rings is 3. The molecule has 0 unspecified atom stereocenters. The van der Waals surface area contributed by atoms with Crippen LogP contribution in [0.3, 0.4) is 0 Å². The smallest absolute Gasteiger partial charge is 0.265 e. The number of amides is 1. The Hall–Kier alpha value is -3.10. The van der Waals surface area contributed by atoms with Crippen LogP contribution in [0.1, 0.15) is 0 Å². The number of carbonyl (C=O) groups excluding carboxylic acids is 1. The van der Waals surface area contributed by atoms with E-state index in [0.29, 0.717) is 53.7 Å². The van der Waals surface area contributed by atoms with Gasteiger partial charge in [0.05, 0.1) is 16.3 Å². The van der Waals surface area contributed by atoms with E-state index in [-0.39, 0.29) is 23.2 Å². The molecule has 0 radical (unpaired) electrons. The number of rotatable bonds is 3. The van der Waals surface area contributed by atoms with Crippen molar-refractivity contribution in [1.29, 1.82) is 0 Å². The second-order valence-corrected chi connectivity index (χ2v) is 10.3. The molecule has 0 atom stereocenters. The Morgan fingerprint density at radius 2 is 1.58 bits per heavy atom. The molecular formula is C24H21ClFN3O3S. The Balaban J connectivity index is 1.38. The molecule has 3 aromatic rings. The fourth-order valence-electron chi connectivity index (χ4n) is 4.40. The predicted octanol–water partition coefficient (Wildman–Crippen LogP) is 4.00. The molecule has 1 fully saturated rings. The van der Waals surface area contributed by atoms with E-state index >= 15 is 0 Å². The third kappa shape index (κ3) is 3.83. The molecule has 1 saturated heterocycles. The van der Waals surface area contributed by atoms with Gasteiger partial charge in [0.1, 0.15) is 12.4 Å². The summed E-state index contributed by atoms with van der Waals surface area (Å²) in [5.41, 5.74) is 2.17. The van der Waals surface area contributed by atoms with Gasteiger partial charge in [-0.25, -0.2) is 12.8 Å². The summed E-state index contributed by atoms with van der Waals surface area (Å²) in [6, 6.07) is 18.2. The van der Waals surface area contributed by atoms with E-state index < -0.39 is 10.0 Å². The molecule has 0 aromatic heterocycles. The zero-order valence-electron chi connectivity index (χ0n) is 17.6. The van der Waals surface area contributed by atoms with Crippen LogP contribution in [0, 0.1) is 5.82 Å². The van der Waals surface area contributed by atoms with Crippen LogP contribution in [0.2, 0.25) is 5.02 Å². The van der Waals surface area contributed by atoms with Crippen LogP contribution in [-0.2, 0) is 14.8 Å². The van der Waals surface area contributed by atoms with E-state index in [0.717, 1.165) is 4.31 Å². The Kier molecular flexibility index (Phi) is 5.50. The molecule has 170 valence electrons. The zero-order valence-corrected chi connectivity index (χ0v) is 19.2. The maximum absolute atomic E-state index is 14.1. The van der Waals surface area contributed by atoms with E-state index in [2.05, 4.69) is 0 Å². The minimum atomic E-state index is -3.92. The number of para-hydroxylation sites is 1. The fraction of sp³-hybridized carbons (Fsp3) is 0.208. The van der Waals surface area contributed by atoms with Gasteiger partial charge in [0.15, 0.2) is 0 Å². The van der Waals surface area contributed by atoms with Gasteiger partial charge in [0, 0.05) is 42.3 Å². The third-order valence-corrected chi connectivity index (χ3v) is 8.13. The van der Waals surface area contributed by atoms with Crippen molar-refractivity contribution in [3.8, 4) is 11.1 Å². The summed E-state index contributed by atoms with van der Waals surface area (Å²) in [6.45, 7) is 1.38. The average molecular weight is 486 g/mol. The van der Waals surface area contributed by atoms with Crippen molar-refractivity contribution in [3.63, 3.8) is 0 Å². The largest absolute Gasteiger partial charge is 0.366 e. The summed E-state index contributed by atoms with van der Waals surface area (Å²) in [7, 11) is -3.92. The van der Waals surface area contributed by atoms with Crippen molar-refractivity contribution in [1.82, 2.24) is 4.90 Å². The molecule has 2 aliphatic heterocycles. The van der Waals surface area contributed by atoms with Crippen LogP contribution < -0.4 is 9.21 Å². The highest BCUT2D eigenvalue weighted by molar-refractivity contribution is 7.93. The minimum absolute atomic E-state index is 0.150. The highest BCUT2D eigenvalue weighted by Crippen LogP contribution is 2.43. The summed E-state index contributed by atoms with van der Waals surface area (Å²) in [4.78, 5) is 16.8. The van der Waals surface area contributed by atoms with Gasteiger partial charge >= 0.3 is 0 Å². The number of sulfonamides is 1. The summed E-state index contributed by atoms with van der Waals surface area (Å²) in [5.74, 6) is -0.599. The highest BCUT2D eigenvalue weighted by Gasteiger charge is 2.37. The highest BCUT2D eigenvalue weighted by atomic mass is 35.5. The molecular weight excluding hydrogens is 465 g/mol. The number of fused-ring (bicyclic) bond motifs is 3. The number of halogens is 2. The average Bonchev–Trinajstić information content (AvgIpc) is 2.82. The van der Waals surface area contributed by atoms with Crippen LogP contribution in [0.25, 0.3) is 11.1 Å². The normalized spacial score (nSPS) is 16.8. The molecule has 3 aromatic carbocycles. The molecule has 0 bridgehead atoms. The van der Waals surface area contributed by atoms with Crippen molar-refractivity contribution in [2.75, 3.05) is 41.9 Å². The van der Waals surface area contributed by atoms with Gasteiger partial charge in [-0.05, 0) is 36.4 Å². The number of hydrogen-bond donors (Lipinski definition) is 0. The van der Waals surface area contributed by atoms with Crippen LogP contribution >= 0.6 is 11.6 Å². The first-order valence-corrected chi connectivity index (χ1v) is 12.4. The van der Waals surface area contributed by atoms with Gasteiger partial charge in [-0.1, -0.05) is 41.9 Å². The van der Waals surface area contributed by atoms with E-state index in [1.807, 2.05) is 4.90 Å². The van der Waals surface area contributed by atoms with Gasteiger partial charge < -0.3 is 9.80 Å². The molecule has 9 heteroatoms. The first kappa shape index (κ1) is 21.7. The molecule has 2 aliphatic rings. The molecule has 0 spiro atoms. The second-order valence-electron chi connectivity index (χ2n) is 7.99. The molecule has 33 heavy (non-hydrogen) atoms. The fourth-order valence-corrected chi connectivity index (χ4v) is 6.22. The van der Waals surface area contributed by atoms with Crippen molar-refractivity contribution in [3.05, 3.63) is 77.6 Å². The number of hydrogen-bond acceptors (Lipinski definition) is 4. The van der Waals surface area contributed by atoms with Gasteiger partial charge in [0.25, 0.3) is 10.0 Å². The zero-order chi connectivity index (χ0) is 23.2. The van der Waals surface area contributed by atoms with Gasteiger partial charge in [-0.15, -0.1) is 0 Å². The van der Waals surface area contributed by atoms with Crippen LogP contribution in [0.15, 0.2) is 71.6 Å².